The molecule has 3 aromatic rings. The fourth-order valence-electron chi connectivity index (χ4n) is 4.65. The van der Waals surface area contributed by atoms with Crippen LogP contribution in [-0.4, -0.2) is 52.7 Å². The summed E-state index contributed by atoms with van der Waals surface area (Å²) >= 11 is 0. The van der Waals surface area contributed by atoms with Gasteiger partial charge in [-0.3, -0.25) is 14.9 Å². The molecule has 1 saturated carbocycles. The highest BCUT2D eigenvalue weighted by Gasteiger charge is 2.61. The number of aromatic nitrogens is 1. The van der Waals surface area contributed by atoms with Crippen molar-refractivity contribution >= 4 is 17.8 Å². The number of hydrogen-bond acceptors (Lipinski definition) is 7. The van der Waals surface area contributed by atoms with E-state index in [1.54, 1.807) is 6.92 Å². The van der Waals surface area contributed by atoms with Crippen LogP contribution in [0, 0.1) is 0 Å². The summed E-state index contributed by atoms with van der Waals surface area (Å²) in [5.41, 5.74) is 0.930. The molecule has 4 rings (SSSR count). The maximum atomic E-state index is 13.6. The Labute approximate surface area is 215 Å². The van der Waals surface area contributed by atoms with Gasteiger partial charge < -0.3 is 19.6 Å². The van der Waals surface area contributed by atoms with Gasteiger partial charge in [0.25, 0.3) is 0 Å². The van der Waals surface area contributed by atoms with Gasteiger partial charge in [0.2, 0.25) is 5.91 Å². The number of hydrogen-bond donors (Lipinski definition) is 3. The number of nitrogens with zero attached hydrogens (tertiary/aromatic N) is 1. The lowest BCUT2D eigenvalue weighted by molar-refractivity contribution is -0.146. The SMILES string of the molecule is CCOC(=O)[C@H](CCc1ccccc1)N[C@@]1(C(=O)NCCc2ocnc2C(=O)O)C[C@H]1c1ccccc1. The second-order valence-electron chi connectivity index (χ2n) is 9.05. The van der Waals surface area contributed by atoms with E-state index in [1.165, 1.54) is 0 Å². The van der Waals surface area contributed by atoms with Crippen LogP contribution in [0.1, 0.15) is 53.1 Å². The highest BCUT2D eigenvalue weighted by atomic mass is 16.5. The van der Waals surface area contributed by atoms with E-state index in [4.69, 9.17) is 9.15 Å². The van der Waals surface area contributed by atoms with Crippen molar-refractivity contribution in [2.75, 3.05) is 13.2 Å². The summed E-state index contributed by atoms with van der Waals surface area (Å²) in [6.07, 6.45) is 2.89. The lowest BCUT2D eigenvalue weighted by Gasteiger charge is -2.25. The van der Waals surface area contributed by atoms with Crippen molar-refractivity contribution in [3.05, 3.63) is 89.6 Å². The van der Waals surface area contributed by atoms with Gasteiger partial charge in [-0.25, -0.2) is 9.78 Å². The molecule has 0 bridgehead atoms. The molecule has 0 unspecified atom stereocenters. The third-order valence-corrected chi connectivity index (χ3v) is 6.62. The molecule has 1 aliphatic rings. The molecule has 9 nitrogen and oxygen atoms in total. The average molecular weight is 506 g/mol. The molecule has 0 aliphatic heterocycles. The fourth-order valence-corrected chi connectivity index (χ4v) is 4.65. The lowest BCUT2D eigenvalue weighted by atomic mass is 10.0. The van der Waals surface area contributed by atoms with Crippen LogP contribution in [0.5, 0.6) is 0 Å². The van der Waals surface area contributed by atoms with Gasteiger partial charge in [-0.15, -0.1) is 0 Å². The molecular formula is C28H31N3O6. The highest BCUT2D eigenvalue weighted by Crippen LogP contribution is 2.52. The molecule has 0 saturated heterocycles. The predicted molar refractivity (Wildman–Crippen MR) is 135 cm³/mol. The summed E-state index contributed by atoms with van der Waals surface area (Å²) in [6, 6.07) is 18.9. The molecular weight excluding hydrogens is 474 g/mol. The Kier molecular flexibility index (Phi) is 8.35. The van der Waals surface area contributed by atoms with Crippen molar-refractivity contribution in [3.63, 3.8) is 0 Å². The van der Waals surface area contributed by atoms with Crippen molar-refractivity contribution in [2.24, 2.45) is 0 Å². The standard InChI is InChI=1S/C28H31N3O6/c1-2-36-26(34)22(14-13-19-9-5-3-6-10-19)31-28(17-21(28)20-11-7-4-8-12-20)27(35)29-16-15-23-24(25(32)33)30-18-37-23/h3-12,18,21-22,31H,2,13-17H2,1H3,(H,29,35)(H,32,33)/t21-,22-,28-/m0/s1. The first-order valence-corrected chi connectivity index (χ1v) is 12.4. The number of oxazole rings is 1. The van der Waals surface area contributed by atoms with Gasteiger partial charge >= 0.3 is 11.9 Å². The van der Waals surface area contributed by atoms with Crippen LogP contribution in [-0.2, 0) is 27.2 Å². The molecule has 1 heterocycles. The smallest absolute Gasteiger partial charge is 0.358 e. The molecule has 9 heteroatoms. The molecule has 37 heavy (non-hydrogen) atoms. The van der Waals surface area contributed by atoms with Crippen molar-refractivity contribution in [1.82, 2.24) is 15.6 Å². The van der Waals surface area contributed by atoms with Crippen LogP contribution >= 0.6 is 0 Å². The van der Waals surface area contributed by atoms with Gasteiger partial charge in [0.15, 0.2) is 12.1 Å². The van der Waals surface area contributed by atoms with Crippen LogP contribution in [0.3, 0.4) is 0 Å². The van der Waals surface area contributed by atoms with E-state index in [-0.39, 0.29) is 42.9 Å². The summed E-state index contributed by atoms with van der Waals surface area (Å²) < 4.78 is 10.5. The van der Waals surface area contributed by atoms with Gasteiger partial charge in [0.1, 0.15) is 17.3 Å². The Balaban J connectivity index is 1.50. The summed E-state index contributed by atoms with van der Waals surface area (Å²) in [7, 11) is 0. The number of amides is 1. The van der Waals surface area contributed by atoms with E-state index in [0.717, 1.165) is 17.5 Å². The Hall–Kier alpha value is -3.98. The molecule has 1 amide bonds. The number of nitrogens with one attached hydrogen (secondary N) is 2. The number of ether oxygens (including phenoxy) is 1. The summed E-state index contributed by atoms with van der Waals surface area (Å²) in [6.45, 7) is 2.16. The Morgan fingerprint density at radius 2 is 1.81 bits per heavy atom. The lowest BCUT2D eigenvalue weighted by Crippen LogP contribution is -2.54. The van der Waals surface area contributed by atoms with Crippen LogP contribution in [0.2, 0.25) is 0 Å². The van der Waals surface area contributed by atoms with E-state index in [0.29, 0.717) is 19.3 Å². The molecule has 194 valence electrons. The van der Waals surface area contributed by atoms with Crippen molar-refractivity contribution in [1.29, 1.82) is 0 Å². The number of aryl methyl sites for hydroxylation is 1. The van der Waals surface area contributed by atoms with Crippen molar-refractivity contribution in [3.8, 4) is 0 Å². The molecule has 0 radical (unpaired) electrons. The fraction of sp³-hybridized carbons (Fsp3) is 0.357. The minimum absolute atomic E-state index is 0.123. The largest absolute Gasteiger partial charge is 0.476 e. The topological polar surface area (TPSA) is 131 Å². The van der Waals surface area contributed by atoms with Crippen LogP contribution in [0.25, 0.3) is 0 Å². The Morgan fingerprint density at radius 3 is 2.49 bits per heavy atom. The van der Waals surface area contributed by atoms with Gasteiger partial charge in [0, 0.05) is 18.9 Å². The van der Waals surface area contributed by atoms with Gasteiger partial charge in [-0.2, -0.15) is 0 Å². The number of esters is 1. The van der Waals surface area contributed by atoms with E-state index < -0.39 is 23.5 Å². The maximum absolute atomic E-state index is 13.6. The van der Waals surface area contributed by atoms with Crippen LogP contribution in [0.4, 0.5) is 0 Å². The minimum Gasteiger partial charge on any atom is -0.476 e. The zero-order valence-corrected chi connectivity index (χ0v) is 20.7. The zero-order valence-electron chi connectivity index (χ0n) is 20.7. The second kappa shape index (κ2) is 11.8. The molecule has 1 fully saturated rings. The zero-order chi connectivity index (χ0) is 26.3. The molecule has 0 spiro atoms. The van der Waals surface area contributed by atoms with Crippen molar-refractivity contribution in [2.45, 2.75) is 50.1 Å². The summed E-state index contributed by atoms with van der Waals surface area (Å²) in [5.74, 6) is -1.77. The third kappa shape index (κ3) is 6.24. The molecule has 3 atom stereocenters. The number of carboxylic acid groups (broad SMARTS) is 1. The minimum atomic E-state index is -1.18. The van der Waals surface area contributed by atoms with Crippen LogP contribution in [0.15, 0.2) is 71.5 Å². The number of carbonyl (C=O) groups excluding carboxylic acids is 2. The van der Waals surface area contributed by atoms with E-state index in [1.807, 2.05) is 60.7 Å². The Morgan fingerprint density at radius 1 is 1.11 bits per heavy atom. The van der Waals surface area contributed by atoms with Crippen molar-refractivity contribution < 1.29 is 28.6 Å². The second-order valence-corrected chi connectivity index (χ2v) is 9.05. The van der Waals surface area contributed by atoms with E-state index >= 15 is 0 Å². The number of benzene rings is 2. The third-order valence-electron chi connectivity index (χ3n) is 6.62. The normalized spacial score (nSPS) is 19.1. The highest BCUT2D eigenvalue weighted by molar-refractivity contribution is 5.93. The molecule has 1 aliphatic carbocycles. The monoisotopic (exact) mass is 505 g/mol. The number of aromatic carboxylic acids is 1. The number of rotatable bonds is 13. The van der Waals surface area contributed by atoms with Gasteiger partial charge in [0.05, 0.1) is 6.61 Å². The first-order chi connectivity index (χ1) is 17.9. The number of carboxylic acids is 1. The molecule has 1 aromatic heterocycles. The number of carbonyl (C=O) groups is 3. The van der Waals surface area contributed by atoms with Gasteiger partial charge in [-0.1, -0.05) is 60.7 Å². The first kappa shape index (κ1) is 26.1. The summed E-state index contributed by atoms with van der Waals surface area (Å²) in [4.78, 5) is 41.5. The summed E-state index contributed by atoms with van der Waals surface area (Å²) in [5, 5.41) is 15.5. The van der Waals surface area contributed by atoms with E-state index in [2.05, 4.69) is 15.6 Å². The van der Waals surface area contributed by atoms with Crippen LogP contribution < -0.4 is 10.6 Å². The predicted octanol–water partition coefficient (Wildman–Crippen LogP) is 3.11. The van der Waals surface area contributed by atoms with E-state index in [9.17, 15) is 19.5 Å². The average Bonchev–Trinajstić information content (AvgIpc) is 3.45. The molecule has 3 N–H and O–H groups in total. The molecule has 2 aromatic carbocycles. The quantitative estimate of drug-likeness (QED) is 0.302. The maximum Gasteiger partial charge on any atom is 0.358 e. The Bertz CT molecular complexity index is 1210. The van der Waals surface area contributed by atoms with Gasteiger partial charge in [-0.05, 0) is 37.3 Å². The first-order valence-electron chi connectivity index (χ1n) is 12.4.